The molecule has 1 aliphatic carbocycles. The minimum absolute atomic E-state index is 0.0949. The fourth-order valence-corrected chi connectivity index (χ4v) is 3.91. The summed E-state index contributed by atoms with van der Waals surface area (Å²) in [7, 11) is 0. The first-order chi connectivity index (χ1) is 13.7. The van der Waals surface area contributed by atoms with Crippen LogP contribution >= 0.6 is 0 Å². The predicted molar refractivity (Wildman–Crippen MR) is 108 cm³/mol. The molecule has 3 aromatic rings. The smallest absolute Gasteiger partial charge is 0.328 e. The van der Waals surface area contributed by atoms with Gasteiger partial charge in [-0.3, -0.25) is 14.3 Å². The molecule has 1 aliphatic rings. The fourth-order valence-electron chi connectivity index (χ4n) is 3.91. The Morgan fingerprint density at radius 1 is 1.21 bits per heavy atom. The van der Waals surface area contributed by atoms with Gasteiger partial charge in [0, 0.05) is 24.2 Å². The van der Waals surface area contributed by atoms with Gasteiger partial charge in [0.15, 0.2) is 11.3 Å². The van der Waals surface area contributed by atoms with Gasteiger partial charge in [0.2, 0.25) is 0 Å². The first-order valence-electron chi connectivity index (χ1n) is 10.00. The molecule has 1 aromatic carbocycles. The van der Waals surface area contributed by atoms with Crippen LogP contribution in [-0.4, -0.2) is 32.0 Å². The van der Waals surface area contributed by atoms with Gasteiger partial charge in [-0.25, -0.2) is 14.8 Å². The highest BCUT2D eigenvalue weighted by Gasteiger charge is 2.18. The van der Waals surface area contributed by atoms with Gasteiger partial charge < -0.3 is 5.32 Å². The summed E-state index contributed by atoms with van der Waals surface area (Å²) in [6, 6.07) is 7.27. The molecule has 1 saturated carbocycles. The van der Waals surface area contributed by atoms with E-state index in [1.807, 2.05) is 19.1 Å². The highest BCUT2D eigenvalue weighted by Crippen LogP contribution is 2.26. The number of amides is 1. The monoisotopic (exact) mass is 379 g/mol. The number of H-pyrrole nitrogens is 1. The zero-order valence-electron chi connectivity index (χ0n) is 16.1. The van der Waals surface area contributed by atoms with E-state index >= 15 is 0 Å². The Morgan fingerprint density at radius 3 is 2.68 bits per heavy atom. The Labute approximate surface area is 163 Å². The third-order valence-electron chi connectivity index (χ3n) is 5.43. The number of carbonyl (C=O) groups is 1. The van der Waals surface area contributed by atoms with Gasteiger partial charge in [-0.15, -0.1) is 0 Å². The summed E-state index contributed by atoms with van der Waals surface area (Å²) in [5, 5.41) is 2.79. The molecular weight excluding hydrogens is 354 g/mol. The van der Waals surface area contributed by atoms with Crippen molar-refractivity contribution in [1.82, 2.24) is 24.8 Å². The first kappa shape index (κ1) is 18.4. The summed E-state index contributed by atoms with van der Waals surface area (Å²) >= 11 is 0. The van der Waals surface area contributed by atoms with Crippen LogP contribution in [0.4, 0.5) is 0 Å². The molecular formula is C21H25N5O2. The molecule has 4 rings (SSSR count). The number of benzene rings is 1. The molecule has 0 atom stereocenters. The first-order valence-corrected chi connectivity index (χ1v) is 10.00. The second-order valence-electron chi connectivity index (χ2n) is 7.41. The molecule has 0 spiro atoms. The van der Waals surface area contributed by atoms with Gasteiger partial charge in [0.1, 0.15) is 0 Å². The summed E-state index contributed by atoms with van der Waals surface area (Å²) in [5.74, 6) is 0.426. The van der Waals surface area contributed by atoms with Gasteiger partial charge in [0.25, 0.3) is 5.91 Å². The van der Waals surface area contributed by atoms with Crippen molar-refractivity contribution in [2.24, 2.45) is 5.92 Å². The fraction of sp³-hybridized carbons (Fsp3) is 0.429. The van der Waals surface area contributed by atoms with Crippen LogP contribution in [0.25, 0.3) is 22.6 Å². The lowest BCUT2D eigenvalue weighted by Crippen LogP contribution is -2.23. The predicted octanol–water partition coefficient (Wildman–Crippen LogP) is 3.12. The normalized spacial score (nSPS) is 15.0. The molecule has 2 aromatic heterocycles. The zero-order chi connectivity index (χ0) is 19.5. The molecule has 0 unspecified atom stereocenters. The molecule has 2 N–H and O–H groups in total. The van der Waals surface area contributed by atoms with Crippen LogP contribution in [0.2, 0.25) is 0 Å². The van der Waals surface area contributed by atoms with E-state index < -0.39 is 0 Å². The third kappa shape index (κ3) is 3.69. The second-order valence-corrected chi connectivity index (χ2v) is 7.41. The zero-order valence-corrected chi connectivity index (χ0v) is 16.1. The molecule has 0 aliphatic heterocycles. The Bertz CT molecular complexity index is 1030. The molecule has 1 amide bonds. The number of nitrogens with one attached hydrogen (secondary N) is 2. The largest absolute Gasteiger partial charge is 0.352 e. The Balaban J connectivity index is 1.64. The van der Waals surface area contributed by atoms with E-state index in [0.717, 1.165) is 18.4 Å². The number of rotatable bonds is 5. The molecule has 28 heavy (non-hydrogen) atoms. The van der Waals surface area contributed by atoms with E-state index in [1.54, 1.807) is 22.9 Å². The average molecular weight is 379 g/mol. The van der Waals surface area contributed by atoms with Gasteiger partial charge in [0.05, 0.1) is 11.9 Å². The molecule has 2 heterocycles. The highest BCUT2D eigenvalue weighted by atomic mass is 16.2. The van der Waals surface area contributed by atoms with Crippen molar-refractivity contribution in [3.05, 3.63) is 46.5 Å². The quantitative estimate of drug-likeness (QED) is 0.712. The van der Waals surface area contributed by atoms with Crippen molar-refractivity contribution in [2.75, 3.05) is 6.54 Å². The van der Waals surface area contributed by atoms with Gasteiger partial charge in [-0.05, 0) is 37.8 Å². The molecule has 146 valence electrons. The van der Waals surface area contributed by atoms with E-state index in [4.69, 9.17) is 4.98 Å². The molecule has 1 fully saturated rings. The summed E-state index contributed by atoms with van der Waals surface area (Å²) in [6.07, 6.45) is 7.73. The Hall–Kier alpha value is -2.96. The Kier molecular flexibility index (Phi) is 5.23. The van der Waals surface area contributed by atoms with Crippen molar-refractivity contribution in [3.8, 4) is 11.3 Å². The third-order valence-corrected chi connectivity index (χ3v) is 5.43. The average Bonchev–Trinajstić information content (AvgIpc) is 3.03. The van der Waals surface area contributed by atoms with Crippen LogP contribution in [0.3, 0.4) is 0 Å². The van der Waals surface area contributed by atoms with Crippen LogP contribution in [0.1, 0.15) is 49.4 Å². The molecule has 7 nitrogen and oxygen atoms in total. The highest BCUT2D eigenvalue weighted by molar-refractivity contribution is 5.94. The number of aromatic nitrogens is 4. The number of hydrogen-bond acceptors (Lipinski definition) is 4. The maximum absolute atomic E-state index is 12.4. The topological polar surface area (TPSA) is 92.7 Å². The Morgan fingerprint density at radius 2 is 1.96 bits per heavy atom. The standard InChI is InChI=1S/C21H25N5O2/c1-2-22-20(27)16-10-8-15(9-11-16)17-12-23-18-19(24-17)26(21(28)25-18)13-14-6-4-3-5-7-14/h8-12,14H,2-7,13H2,1H3,(H,22,27)(H,23,25,28). The van der Waals surface area contributed by atoms with Crippen LogP contribution in [0, 0.1) is 5.92 Å². The molecule has 0 bridgehead atoms. The summed E-state index contributed by atoms with van der Waals surface area (Å²) in [4.78, 5) is 36.3. The lowest BCUT2D eigenvalue weighted by Gasteiger charge is -2.21. The SMILES string of the molecule is CCNC(=O)c1ccc(-c2cnc3[nH]c(=O)n(CC4CCCCC4)c3n2)cc1. The van der Waals surface area contributed by atoms with E-state index in [9.17, 15) is 9.59 Å². The lowest BCUT2D eigenvalue weighted by atomic mass is 9.89. The van der Waals surface area contributed by atoms with Crippen molar-refractivity contribution in [3.63, 3.8) is 0 Å². The summed E-state index contributed by atoms with van der Waals surface area (Å²) in [5.41, 5.74) is 3.12. The van der Waals surface area contributed by atoms with E-state index in [0.29, 0.717) is 41.6 Å². The van der Waals surface area contributed by atoms with E-state index in [1.165, 1.54) is 19.3 Å². The van der Waals surface area contributed by atoms with E-state index in [2.05, 4.69) is 15.3 Å². The van der Waals surface area contributed by atoms with Crippen molar-refractivity contribution >= 4 is 17.2 Å². The number of fused-ring (bicyclic) bond motifs is 1. The molecule has 0 radical (unpaired) electrons. The van der Waals surface area contributed by atoms with Gasteiger partial charge >= 0.3 is 5.69 Å². The maximum atomic E-state index is 12.4. The van der Waals surface area contributed by atoms with Gasteiger partial charge in [-0.1, -0.05) is 31.4 Å². The van der Waals surface area contributed by atoms with Crippen molar-refractivity contribution in [1.29, 1.82) is 0 Å². The van der Waals surface area contributed by atoms with Gasteiger partial charge in [-0.2, -0.15) is 0 Å². The summed E-state index contributed by atoms with van der Waals surface area (Å²) < 4.78 is 1.73. The van der Waals surface area contributed by atoms with Crippen molar-refractivity contribution < 1.29 is 4.79 Å². The van der Waals surface area contributed by atoms with Crippen LogP contribution in [-0.2, 0) is 6.54 Å². The molecule has 0 saturated heterocycles. The van der Waals surface area contributed by atoms with Crippen molar-refractivity contribution in [2.45, 2.75) is 45.6 Å². The summed E-state index contributed by atoms with van der Waals surface area (Å²) in [6.45, 7) is 3.17. The number of imidazole rings is 1. The maximum Gasteiger partial charge on any atom is 0.328 e. The number of nitrogens with zero attached hydrogens (tertiary/aromatic N) is 3. The van der Waals surface area contributed by atoms with Crippen LogP contribution in [0.5, 0.6) is 0 Å². The lowest BCUT2D eigenvalue weighted by molar-refractivity contribution is 0.0956. The van der Waals surface area contributed by atoms with E-state index in [-0.39, 0.29) is 11.6 Å². The van der Waals surface area contributed by atoms with Crippen LogP contribution in [0.15, 0.2) is 35.3 Å². The van der Waals surface area contributed by atoms with Crippen LogP contribution < -0.4 is 11.0 Å². The number of carbonyl (C=O) groups excluding carboxylic acids is 1. The number of hydrogen-bond donors (Lipinski definition) is 2. The number of aromatic amines is 1. The minimum Gasteiger partial charge on any atom is -0.352 e. The minimum atomic E-state index is -0.149. The molecule has 7 heteroatoms. The second kappa shape index (κ2) is 7.96.